The Balaban J connectivity index is 1.61. The van der Waals surface area contributed by atoms with Crippen LogP contribution in [0.3, 0.4) is 0 Å². The van der Waals surface area contributed by atoms with Crippen molar-refractivity contribution < 1.29 is 9.13 Å². The molecule has 0 aliphatic heterocycles. The number of aromatic nitrogens is 4. The minimum atomic E-state index is -0.548. The van der Waals surface area contributed by atoms with Crippen molar-refractivity contribution in [1.82, 2.24) is 19.9 Å². The first-order chi connectivity index (χ1) is 12.6. The first-order valence-electron chi connectivity index (χ1n) is 7.55. The normalized spacial score (nSPS) is 10.8. The maximum atomic E-state index is 14.5. The van der Waals surface area contributed by atoms with E-state index >= 15 is 0 Å². The van der Waals surface area contributed by atoms with Crippen LogP contribution in [0.4, 0.5) is 21.8 Å². The number of halogens is 2. The predicted octanol–water partition coefficient (Wildman–Crippen LogP) is 4.26. The topological polar surface area (TPSA) is 102 Å². The van der Waals surface area contributed by atoms with E-state index in [4.69, 9.17) is 22.1 Å². The van der Waals surface area contributed by atoms with Crippen molar-refractivity contribution >= 4 is 40.1 Å². The molecule has 0 saturated carbocycles. The highest BCUT2D eigenvalue weighted by molar-refractivity contribution is 6.36. The molecule has 4 aromatic rings. The molecule has 0 aliphatic rings. The van der Waals surface area contributed by atoms with E-state index in [1.165, 1.54) is 18.3 Å². The van der Waals surface area contributed by atoms with Crippen molar-refractivity contribution in [2.45, 2.75) is 0 Å². The zero-order valence-electron chi connectivity index (χ0n) is 13.2. The number of nitrogens with one attached hydrogen (secondary N) is 2. The molecular weight excluding hydrogens is 359 g/mol. The van der Waals surface area contributed by atoms with Crippen molar-refractivity contribution in [3.05, 3.63) is 59.8 Å². The van der Waals surface area contributed by atoms with Gasteiger partial charge in [0.15, 0.2) is 11.6 Å². The second-order valence-electron chi connectivity index (χ2n) is 5.34. The number of H-pyrrole nitrogens is 1. The van der Waals surface area contributed by atoms with Crippen LogP contribution in [0.2, 0.25) is 5.02 Å². The van der Waals surface area contributed by atoms with E-state index in [2.05, 4.69) is 25.3 Å². The van der Waals surface area contributed by atoms with Gasteiger partial charge in [0.1, 0.15) is 17.2 Å². The van der Waals surface area contributed by atoms with Gasteiger partial charge in [0.05, 0.1) is 10.4 Å². The molecule has 130 valence electrons. The molecule has 0 amide bonds. The van der Waals surface area contributed by atoms with Crippen molar-refractivity contribution in [2.24, 2.45) is 0 Å². The van der Waals surface area contributed by atoms with Gasteiger partial charge >= 0.3 is 0 Å². The lowest BCUT2D eigenvalue weighted by Crippen LogP contribution is -1.99. The largest absolute Gasteiger partial charge is 0.453 e. The summed E-state index contributed by atoms with van der Waals surface area (Å²) in [7, 11) is 0. The van der Waals surface area contributed by atoms with Crippen LogP contribution in [0, 0.1) is 5.82 Å². The summed E-state index contributed by atoms with van der Waals surface area (Å²) in [5.41, 5.74) is 6.58. The average Bonchev–Trinajstić information content (AvgIpc) is 3.00. The lowest BCUT2D eigenvalue weighted by atomic mass is 10.2. The average molecular weight is 371 g/mol. The second-order valence-corrected chi connectivity index (χ2v) is 5.75. The first kappa shape index (κ1) is 16.1. The molecule has 4 N–H and O–H groups in total. The van der Waals surface area contributed by atoms with E-state index in [-0.39, 0.29) is 11.7 Å². The van der Waals surface area contributed by atoms with Crippen LogP contribution < -0.4 is 15.8 Å². The number of aromatic amines is 1. The third-order valence-corrected chi connectivity index (χ3v) is 3.88. The maximum absolute atomic E-state index is 14.5. The van der Waals surface area contributed by atoms with E-state index in [9.17, 15) is 4.39 Å². The number of benzene rings is 1. The highest BCUT2D eigenvalue weighted by Gasteiger charge is 2.13. The molecule has 1 aromatic carbocycles. The number of pyridine rings is 1. The summed E-state index contributed by atoms with van der Waals surface area (Å²) in [4.78, 5) is 14.9. The van der Waals surface area contributed by atoms with Crippen molar-refractivity contribution in [3.8, 4) is 11.5 Å². The summed E-state index contributed by atoms with van der Waals surface area (Å²) >= 11 is 6.13. The van der Waals surface area contributed by atoms with E-state index in [0.717, 1.165) is 0 Å². The van der Waals surface area contributed by atoms with E-state index in [1.54, 1.807) is 30.6 Å². The van der Waals surface area contributed by atoms with Crippen molar-refractivity contribution in [2.75, 3.05) is 11.1 Å². The smallest absolute Gasteiger partial charge is 0.221 e. The van der Waals surface area contributed by atoms with Gasteiger partial charge in [-0.1, -0.05) is 11.6 Å². The van der Waals surface area contributed by atoms with Gasteiger partial charge < -0.3 is 20.8 Å². The summed E-state index contributed by atoms with van der Waals surface area (Å²) in [5, 5.41) is 3.99. The number of hydrogen-bond donors (Lipinski definition) is 3. The molecule has 0 bridgehead atoms. The quantitative estimate of drug-likeness (QED) is 0.496. The molecule has 7 nitrogen and oxygen atoms in total. The standard InChI is InChI=1S/C17H12ClFN6O/c18-10-8-23-16-15(10)13(3-5-21-16)26-12-2-1-9(7-11(12)19)24-14-4-6-22-17(20)25-14/h1-8H,(H,21,23)(H3,20,22,24,25). The number of anilines is 3. The third kappa shape index (κ3) is 3.09. The molecule has 0 saturated heterocycles. The molecule has 4 rings (SSSR count). The van der Waals surface area contributed by atoms with Crippen LogP contribution in [-0.2, 0) is 0 Å². The molecular formula is C17H12ClFN6O. The summed E-state index contributed by atoms with van der Waals surface area (Å²) in [5.74, 6) is 0.502. The SMILES string of the molecule is Nc1nccc(Nc2ccc(Oc3ccnc4[nH]cc(Cl)c34)c(F)c2)n1. The molecule has 0 radical (unpaired) electrons. The number of nitrogen functional groups attached to an aromatic ring is 1. The van der Waals surface area contributed by atoms with Gasteiger partial charge in [0.25, 0.3) is 0 Å². The van der Waals surface area contributed by atoms with Crippen LogP contribution in [0.15, 0.2) is 48.9 Å². The van der Waals surface area contributed by atoms with Crippen LogP contribution in [0.25, 0.3) is 11.0 Å². The van der Waals surface area contributed by atoms with Gasteiger partial charge in [-0.3, -0.25) is 0 Å². The van der Waals surface area contributed by atoms with E-state index in [1.807, 2.05) is 0 Å². The summed E-state index contributed by atoms with van der Waals surface area (Å²) < 4.78 is 20.2. The molecule has 9 heteroatoms. The van der Waals surface area contributed by atoms with Gasteiger partial charge in [0, 0.05) is 30.3 Å². The Hall–Kier alpha value is -3.39. The lowest BCUT2D eigenvalue weighted by Gasteiger charge is -2.10. The number of rotatable bonds is 4. The van der Waals surface area contributed by atoms with Crippen LogP contribution in [-0.4, -0.2) is 19.9 Å². The Morgan fingerprint density at radius 2 is 1.96 bits per heavy atom. The van der Waals surface area contributed by atoms with Crippen LogP contribution in [0.1, 0.15) is 0 Å². The fraction of sp³-hybridized carbons (Fsp3) is 0. The van der Waals surface area contributed by atoms with Gasteiger partial charge in [-0.05, 0) is 24.3 Å². The van der Waals surface area contributed by atoms with E-state index in [0.29, 0.717) is 33.3 Å². The Labute approximate surface area is 152 Å². The zero-order chi connectivity index (χ0) is 18.1. The monoisotopic (exact) mass is 370 g/mol. The van der Waals surface area contributed by atoms with Gasteiger partial charge in [-0.2, -0.15) is 4.98 Å². The number of nitrogens with zero attached hydrogens (tertiary/aromatic N) is 3. The highest BCUT2D eigenvalue weighted by Crippen LogP contribution is 2.35. The molecule has 0 aliphatic carbocycles. The minimum Gasteiger partial charge on any atom is -0.453 e. The predicted molar refractivity (Wildman–Crippen MR) is 97.3 cm³/mol. The van der Waals surface area contributed by atoms with Gasteiger partial charge in [0.2, 0.25) is 5.95 Å². The number of nitrogens with two attached hydrogens (primary N) is 1. The second kappa shape index (κ2) is 6.49. The van der Waals surface area contributed by atoms with E-state index < -0.39 is 5.82 Å². The third-order valence-electron chi connectivity index (χ3n) is 3.59. The molecule has 0 unspecified atom stereocenters. The molecule has 0 spiro atoms. The van der Waals surface area contributed by atoms with Crippen molar-refractivity contribution in [1.29, 1.82) is 0 Å². The van der Waals surface area contributed by atoms with Gasteiger partial charge in [-0.25, -0.2) is 14.4 Å². The number of fused-ring (bicyclic) bond motifs is 1. The summed E-state index contributed by atoms with van der Waals surface area (Å²) in [6.07, 6.45) is 4.66. The fourth-order valence-electron chi connectivity index (χ4n) is 2.44. The number of hydrogen-bond acceptors (Lipinski definition) is 6. The van der Waals surface area contributed by atoms with Gasteiger partial charge in [-0.15, -0.1) is 0 Å². The Bertz CT molecular complexity index is 1100. The molecule has 0 atom stereocenters. The molecule has 26 heavy (non-hydrogen) atoms. The van der Waals surface area contributed by atoms with Crippen LogP contribution >= 0.6 is 11.6 Å². The molecule has 0 fully saturated rings. The first-order valence-corrected chi connectivity index (χ1v) is 7.92. The Morgan fingerprint density at radius 3 is 2.77 bits per heavy atom. The lowest BCUT2D eigenvalue weighted by molar-refractivity contribution is 0.446. The Kier molecular flexibility index (Phi) is 4.02. The summed E-state index contributed by atoms with van der Waals surface area (Å²) in [6, 6.07) is 7.71. The molecule has 3 heterocycles. The Morgan fingerprint density at radius 1 is 1.12 bits per heavy atom. The fourth-order valence-corrected chi connectivity index (χ4v) is 2.68. The summed E-state index contributed by atoms with van der Waals surface area (Å²) in [6.45, 7) is 0. The number of ether oxygens (including phenoxy) is 1. The molecule has 3 aromatic heterocycles. The zero-order valence-corrected chi connectivity index (χ0v) is 14.0. The van der Waals surface area contributed by atoms with Crippen LogP contribution in [0.5, 0.6) is 11.5 Å². The highest BCUT2D eigenvalue weighted by atomic mass is 35.5. The van der Waals surface area contributed by atoms with Crippen molar-refractivity contribution in [3.63, 3.8) is 0 Å². The maximum Gasteiger partial charge on any atom is 0.221 e. The minimum absolute atomic E-state index is 0.0579.